The fourth-order valence-corrected chi connectivity index (χ4v) is 8.44. The van der Waals surface area contributed by atoms with Gasteiger partial charge in [-0.05, 0) is 110 Å². The van der Waals surface area contributed by atoms with Crippen molar-refractivity contribution in [2.24, 2.45) is 0 Å². The molecule has 0 spiro atoms. The van der Waals surface area contributed by atoms with Gasteiger partial charge in [0, 0.05) is 50.7 Å². The first-order valence-corrected chi connectivity index (χ1v) is 22.5. The average molecular weight is 1020 g/mol. The molecule has 0 saturated heterocycles. The van der Waals surface area contributed by atoms with Gasteiger partial charge in [-0.1, -0.05) is 18.1 Å². The predicted molar refractivity (Wildman–Crippen MR) is 267 cm³/mol. The van der Waals surface area contributed by atoms with Crippen molar-refractivity contribution < 1.29 is 75.7 Å². The van der Waals surface area contributed by atoms with Gasteiger partial charge in [-0.15, -0.1) is 6.42 Å². The number of carboxylic acids is 1. The molecular formula is C55H51FNO17-. The number of fused-ring (bicyclic) bond motifs is 4. The Morgan fingerprint density at radius 3 is 1.35 bits per heavy atom. The Morgan fingerprint density at radius 2 is 0.973 bits per heavy atom. The molecule has 0 bridgehead atoms. The van der Waals surface area contributed by atoms with E-state index in [0.717, 1.165) is 5.56 Å². The van der Waals surface area contributed by atoms with Crippen LogP contribution in [0.4, 0.5) is 0 Å². The molecule has 2 aliphatic carbocycles. The SMILES string of the molecule is C#CCNC(=O)c1c(C)c(C)cc2occ(C3=CCc4cc(OCOC)c(OCOC)cc4C3=O)c(=O)c12.COCOc1cc2c(cc1OCOC)C(=O)C(c1coc3cc(C)c(C)c(C(=O)O)c3c1=O)=CC2.[F-]. The third-order valence-electron chi connectivity index (χ3n) is 12.2. The number of carboxylic acid groups (broad SMARTS) is 1. The Balaban J connectivity index is 0.000000238. The number of carbonyl (C=O) groups is 4. The number of ketones is 2. The number of rotatable bonds is 17. The number of allylic oxidation sites excluding steroid dienone is 4. The summed E-state index contributed by atoms with van der Waals surface area (Å²) in [6, 6.07) is 9.80. The maximum Gasteiger partial charge on any atom is 0.336 e. The molecule has 0 radical (unpaired) electrons. The van der Waals surface area contributed by atoms with Crippen molar-refractivity contribution in [1.29, 1.82) is 0 Å². The van der Waals surface area contributed by atoms with E-state index in [0.29, 0.717) is 69.0 Å². The average Bonchev–Trinajstić information content (AvgIpc) is 3.37. The van der Waals surface area contributed by atoms with Crippen LogP contribution >= 0.6 is 0 Å². The number of methoxy groups -OCH3 is 4. The van der Waals surface area contributed by atoms with Crippen LogP contribution in [0.25, 0.3) is 33.1 Å². The molecule has 0 aliphatic heterocycles. The molecule has 0 atom stereocenters. The van der Waals surface area contributed by atoms with Crippen LogP contribution in [0.5, 0.6) is 23.0 Å². The zero-order valence-electron chi connectivity index (χ0n) is 41.7. The molecule has 19 heteroatoms. The minimum atomic E-state index is -1.24. The molecule has 74 heavy (non-hydrogen) atoms. The summed E-state index contributed by atoms with van der Waals surface area (Å²) in [5.41, 5.74) is 4.33. The lowest BCUT2D eigenvalue weighted by atomic mass is 9.86. The lowest BCUT2D eigenvalue weighted by molar-refractivity contribution is -0.0000607. The number of hydrogen-bond acceptors (Lipinski definition) is 16. The zero-order valence-corrected chi connectivity index (χ0v) is 41.7. The van der Waals surface area contributed by atoms with Gasteiger partial charge in [0.2, 0.25) is 10.9 Å². The van der Waals surface area contributed by atoms with E-state index in [1.54, 1.807) is 63.3 Å². The highest BCUT2D eigenvalue weighted by Gasteiger charge is 2.31. The molecule has 0 fully saturated rings. The number of amides is 1. The molecule has 2 N–H and O–H groups in total. The van der Waals surface area contributed by atoms with Crippen LogP contribution in [0.1, 0.15) is 85.9 Å². The van der Waals surface area contributed by atoms with Gasteiger partial charge in [0.15, 0.2) is 61.7 Å². The van der Waals surface area contributed by atoms with E-state index in [1.807, 2.05) is 6.92 Å². The van der Waals surface area contributed by atoms with Crippen LogP contribution in [0, 0.1) is 40.0 Å². The van der Waals surface area contributed by atoms with Crippen molar-refractivity contribution in [3.8, 4) is 35.3 Å². The molecule has 2 aliphatic rings. The van der Waals surface area contributed by atoms with Crippen molar-refractivity contribution >= 4 is 56.5 Å². The van der Waals surface area contributed by atoms with Crippen LogP contribution < -0.4 is 39.8 Å². The van der Waals surface area contributed by atoms with Gasteiger partial charge in [-0.2, -0.15) is 0 Å². The summed E-state index contributed by atoms with van der Waals surface area (Å²) in [6.07, 6.45) is 11.7. The number of Topliss-reactive ketones (excluding diaryl/α,β-unsaturated/α-hetero) is 2. The summed E-state index contributed by atoms with van der Waals surface area (Å²) < 4.78 is 53.7. The molecule has 6 aromatic rings. The third kappa shape index (κ3) is 10.8. The van der Waals surface area contributed by atoms with E-state index < -0.39 is 28.5 Å². The van der Waals surface area contributed by atoms with E-state index in [-0.39, 0.29) is 105 Å². The largest absolute Gasteiger partial charge is 1.00 e. The van der Waals surface area contributed by atoms with E-state index in [2.05, 4.69) is 11.2 Å². The van der Waals surface area contributed by atoms with Crippen molar-refractivity contribution in [2.45, 2.75) is 40.5 Å². The number of aryl methyl sites for hydroxylation is 2. The second kappa shape index (κ2) is 23.9. The lowest BCUT2D eigenvalue weighted by Crippen LogP contribution is -3.00. The van der Waals surface area contributed by atoms with Crippen molar-refractivity contribution in [3.05, 3.63) is 148 Å². The highest BCUT2D eigenvalue weighted by molar-refractivity contribution is 6.31. The summed E-state index contributed by atoms with van der Waals surface area (Å²) in [6.45, 7) is 6.80. The first-order valence-electron chi connectivity index (χ1n) is 22.5. The molecule has 1 amide bonds. The predicted octanol–water partition coefficient (Wildman–Crippen LogP) is 4.46. The molecule has 0 unspecified atom stereocenters. The van der Waals surface area contributed by atoms with E-state index in [1.165, 1.54) is 47.0 Å². The molecule has 386 valence electrons. The monoisotopic (exact) mass is 1020 g/mol. The smallest absolute Gasteiger partial charge is 0.336 e. The Morgan fingerprint density at radius 1 is 0.595 bits per heavy atom. The van der Waals surface area contributed by atoms with Gasteiger partial charge in [0.25, 0.3) is 5.91 Å². The van der Waals surface area contributed by atoms with Crippen molar-refractivity contribution in [3.63, 3.8) is 0 Å². The van der Waals surface area contributed by atoms with Crippen LogP contribution in [0.3, 0.4) is 0 Å². The minimum Gasteiger partial charge on any atom is -1.00 e. The highest BCUT2D eigenvalue weighted by Crippen LogP contribution is 2.39. The van der Waals surface area contributed by atoms with Crippen LogP contribution in [0.2, 0.25) is 0 Å². The number of aromatic carboxylic acids is 1. The minimum absolute atomic E-state index is 0. The van der Waals surface area contributed by atoms with Gasteiger partial charge >= 0.3 is 5.97 Å². The third-order valence-corrected chi connectivity index (χ3v) is 12.2. The first-order chi connectivity index (χ1) is 35.1. The number of hydrogen-bond donors (Lipinski definition) is 2. The molecule has 4 aromatic carbocycles. The number of halogens is 1. The maximum absolute atomic E-state index is 13.8. The zero-order chi connectivity index (χ0) is 52.7. The first kappa shape index (κ1) is 54.9. The number of carbonyl (C=O) groups excluding carboxylic acids is 3. The van der Waals surface area contributed by atoms with Crippen molar-refractivity contribution in [1.82, 2.24) is 5.32 Å². The normalized spacial score (nSPS) is 12.5. The van der Waals surface area contributed by atoms with Gasteiger partial charge in [-0.3, -0.25) is 24.0 Å². The fourth-order valence-electron chi connectivity index (χ4n) is 8.44. The van der Waals surface area contributed by atoms with Gasteiger partial charge in [0.05, 0.1) is 39.6 Å². The molecule has 0 saturated carbocycles. The standard InChI is InChI=1S/C29H27NO8.C26H24O9.FH/c1-6-9-30-29(33)25-17(3)16(2)10-24-26(25)28(32)21(13-36-24)19-8-7-18-11-22(37-14-34-4)23(38-15-35-5)12-20(18)27(19)31;1-13-7-21-23(22(14(13)2)26(29)30)25(28)18(10-33-21)16-6-5-15-8-19(34-11-31-3)20(35-12-32-4)9-17(15)24(16)27;/h1,8,10-13H,7,9,14-15H2,2-5H3,(H,30,33);6-10H,5,11-12H2,1-4H3,(H,29,30);1H/p-1. The van der Waals surface area contributed by atoms with Crippen LogP contribution in [-0.2, 0) is 31.8 Å². The Bertz CT molecular complexity index is 3450. The van der Waals surface area contributed by atoms with Crippen LogP contribution in [-0.4, -0.2) is 90.7 Å². The number of nitrogens with one attached hydrogen (secondary N) is 1. The maximum atomic E-state index is 13.8. The topological polar surface area (TPSA) is 235 Å². The second-order valence-electron chi connectivity index (χ2n) is 16.7. The highest BCUT2D eigenvalue weighted by atomic mass is 19.0. The van der Waals surface area contributed by atoms with E-state index >= 15 is 0 Å². The summed E-state index contributed by atoms with van der Waals surface area (Å²) in [5.74, 6) is 1.17. The van der Waals surface area contributed by atoms with E-state index in [4.69, 9.17) is 53.2 Å². The van der Waals surface area contributed by atoms with Crippen molar-refractivity contribution in [2.75, 3.05) is 62.2 Å². The van der Waals surface area contributed by atoms with Gasteiger partial charge in [-0.25, -0.2) is 4.79 Å². The number of terminal acetylenes is 1. The Kier molecular flexibility index (Phi) is 17.7. The van der Waals surface area contributed by atoms with Crippen LogP contribution in [0.15, 0.2) is 79.5 Å². The molecule has 2 aromatic heterocycles. The molecule has 18 nitrogen and oxygen atoms in total. The van der Waals surface area contributed by atoms with Gasteiger partial charge in [0.1, 0.15) is 23.7 Å². The molecule has 2 heterocycles. The number of benzene rings is 4. The quantitative estimate of drug-likeness (QED) is 0.0948. The second-order valence-corrected chi connectivity index (χ2v) is 16.7. The summed E-state index contributed by atoms with van der Waals surface area (Å²) in [7, 11) is 5.92. The Labute approximate surface area is 422 Å². The molecular weight excluding hydrogens is 966 g/mol. The van der Waals surface area contributed by atoms with Gasteiger partial charge < -0.3 is 61.9 Å². The number of ether oxygens (including phenoxy) is 8. The fraction of sp³-hybridized carbons (Fsp3) is 0.273. The lowest BCUT2D eigenvalue weighted by Gasteiger charge is -2.20. The molecule has 8 rings (SSSR count). The Hall–Kier alpha value is -8.41. The summed E-state index contributed by atoms with van der Waals surface area (Å²) in [4.78, 5) is 79.3. The summed E-state index contributed by atoms with van der Waals surface area (Å²) >= 11 is 0. The van der Waals surface area contributed by atoms with E-state index in [9.17, 15) is 33.9 Å². The summed E-state index contributed by atoms with van der Waals surface area (Å²) in [5, 5.41) is 12.4.